The Hall–Kier alpha value is -1.78. The lowest BCUT2D eigenvalue weighted by Crippen LogP contribution is -2.18. The SMILES string of the molecule is O=C1C(=Cc2ccc(O)c(Cl)c2)COc2ccc(Br)cc21. The number of carbonyl (C=O) groups is 1. The summed E-state index contributed by atoms with van der Waals surface area (Å²) in [5, 5.41) is 9.66. The predicted molar refractivity (Wildman–Crippen MR) is 85.1 cm³/mol. The van der Waals surface area contributed by atoms with Gasteiger partial charge in [0, 0.05) is 10.0 Å². The molecule has 3 nitrogen and oxygen atoms in total. The van der Waals surface area contributed by atoms with E-state index in [9.17, 15) is 9.90 Å². The van der Waals surface area contributed by atoms with Crippen LogP contribution in [0.15, 0.2) is 46.4 Å². The fraction of sp³-hybridized carbons (Fsp3) is 0.0625. The summed E-state index contributed by atoms with van der Waals surface area (Å²) in [5.41, 5.74) is 1.82. The van der Waals surface area contributed by atoms with Crippen LogP contribution in [0.4, 0.5) is 0 Å². The molecule has 0 saturated carbocycles. The highest BCUT2D eigenvalue weighted by Crippen LogP contribution is 2.31. The van der Waals surface area contributed by atoms with Gasteiger partial charge in [0.15, 0.2) is 5.78 Å². The molecule has 2 aromatic rings. The first kappa shape index (κ1) is 14.2. The molecule has 21 heavy (non-hydrogen) atoms. The molecule has 5 heteroatoms. The summed E-state index contributed by atoms with van der Waals surface area (Å²) in [5.74, 6) is 0.533. The second-order valence-corrected chi connectivity index (χ2v) is 5.96. The molecular formula is C16H10BrClO3. The number of phenols is 1. The van der Waals surface area contributed by atoms with Crippen LogP contribution in [0, 0.1) is 0 Å². The molecule has 0 aliphatic carbocycles. The topological polar surface area (TPSA) is 46.5 Å². The van der Waals surface area contributed by atoms with E-state index >= 15 is 0 Å². The maximum atomic E-state index is 12.5. The molecule has 0 aromatic heterocycles. The van der Waals surface area contributed by atoms with Gasteiger partial charge in [-0.1, -0.05) is 33.6 Å². The Morgan fingerprint density at radius 2 is 2.05 bits per heavy atom. The number of hydrogen-bond acceptors (Lipinski definition) is 3. The predicted octanol–water partition coefficient (Wildman–Crippen LogP) is 4.47. The number of hydrogen-bond donors (Lipinski definition) is 1. The third-order valence-electron chi connectivity index (χ3n) is 3.17. The summed E-state index contributed by atoms with van der Waals surface area (Å²) in [6.07, 6.45) is 1.72. The van der Waals surface area contributed by atoms with E-state index in [1.54, 1.807) is 30.3 Å². The zero-order valence-corrected chi connectivity index (χ0v) is 13.1. The summed E-state index contributed by atoms with van der Waals surface area (Å²) >= 11 is 9.22. The van der Waals surface area contributed by atoms with Gasteiger partial charge in [0.2, 0.25) is 0 Å². The van der Waals surface area contributed by atoms with Crippen LogP contribution in [0.3, 0.4) is 0 Å². The quantitative estimate of drug-likeness (QED) is 0.759. The van der Waals surface area contributed by atoms with E-state index in [4.69, 9.17) is 16.3 Å². The summed E-state index contributed by atoms with van der Waals surface area (Å²) in [6, 6.07) is 10.1. The summed E-state index contributed by atoms with van der Waals surface area (Å²) in [4.78, 5) is 12.5. The summed E-state index contributed by atoms with van der Waals surface area (Å²) in [6.45, 7) is 0.214. The minimum atomic E-state index is -0.0678. The molecule has 0 saturated heterocycles. The number of phenolic OH excluding ortho intramolecular Hbond substituents is 1. The van der Waals surface area contributed by atoms with E-state index in [1.165, 1.54) is 6.07 Å². The van der Waals surface area contributed by atoms with Gasteiger partial charge in [-0.2, -0.15) is 0 Å². The van der Waals surface area contributed by atoms with Crippen molar-refractivity contribution >= 4 is 39.4 Å². The van der Waals surface area contributed by atoms with Crippen molar-refractivity contribution in [2.75, 3.05) is 6.61 Å². The van der Waals surface area contributed by atoms with E-state index < -0.39 is 0 Å². The molecule has 0 radical (unpaired) electrons. The van der Waals surface area contributed by atoms with Gasteiger partial charge in [-0.3, -0.25) is 4.79 Å². The number of aromatic hydroxyl groups is 1. The highest BCUT2D eigenvalue weighted by Gasteiger charge is 2.23. The van der Waals surface area contributed by atoms with Gasteiger partial charge in [0.25, 0.3) is 0 Å². The van der Waals surface area contributed by atoms with Crippen LogP contribution in [-0.4, -0.2) is 17.5 Å². The fourth-order valence-corrected chi connectivity index (χ4v) is 2.67. The molecule has 0 bridgehead atoms. The molecule has 0 spiro atoms. The second kappa shape index (κ2) is 5.54. The Morgan fingerprint density at radius 1 is 1.24 bits per heavy atom. The van der Waals surface area contributed by atoms with E-state index in [-0.39, 0.29) is 23.2 Å². The van der Waals surface area contributed by atoms with Gasteiger partial charge in [0.05, 0.1) is 10.6 Å². The molecule has 0 amide bonds. The first-order chi connectivity index (χ1) is 10.0. The van der Waals surface area contributed by atoms with Crippen LogP contribution in [0.5, 0.6) is 11.5 Å². The van der Waals surface area contributed by atoms with Crippen molar-refractivity contribution in [1.82, 2.24) is 0 Å². The average Bonchev–Trinajstić information content (AvgIpc) is 2.46. The third kappa shape index (κ3) is 2.82. The van der Waals surface area contributed by atoms with Crippen molar-refractivity contribution < 1.29 is 14.6 Å². The van der Waals surface area contributed by atoms with E-state index in [2.05, 4.69) is 15.9 Å². The molecule has 1 heterocycles. The van der Waals surface area contributed by atoms with Crippen molar-refractivity contribution in [3.05, 3.63) is 62.6 Å². The van der Waals surface area contributed by atoms with Crippen molar-refractivity contribution in [2.45, 2.75) is 0 Å². The summed E-state index contributed by atoms with van der Waals surface area (Å²) < 4.78 is 6.42. The minimum absolute atomic E-state index is 0.0133. The lowest BCUT2D eigenvalue weighted by Gasteiger charge is -2.19. The Balaban J connectivity index is 1.99. The van der Waals surface area contributed by atoms with Crippen LogP contribution in [0.2, 0.25) is 5.02 Å². The maximum Gasteiger partial charge on any atom is 0.196 e. The first-order valence-corrected chi connectivity index (χ1v) is 7.38. The summed E-state index contributed by atoms with van der Waals surface area (Å²) in [7, 11) is 0. The zero-order chi connectivity index (χ0) is 15.0. The van der Waals surface area contributed by atoms with Crippen LogP contribution >= 0.6 is 27.5 Å². The molecule has 106 valence electrons. The molecule has 0 atom stereocenters. The van der Waals surface area contributed by atoms with Gasteiger partial charge in [-0.05, 0) is 42.0 Å². The van der Waals surface area contributed by atoms with Gasteiger partial charge in [-0.15, -0.1) is 0 Å². The molecule has 0 unspecified atom stereocenters. The number of rotatable bonds is 1. The fourth-order valence-electron chi connectivity index (χ4n) is 2.12. The van der Waals surface area contributed by atoms with E-state index in [0.717, 1.165) is 10.0 Å². The third-order valence-corrected chi connectivity index (χ3v) is 3.97. The Bertz CT molecular complexity index is 768. The van der Waals surface area contributed by atoms with Crippen molar-refractivity contribution in [2.24, 2.45) is 0 Å². The highest BCUT2D eigenvalue weighted by atomic mass is 79.9. The number of ether oxygens (including phenoxy) is 1. The van der Waals surface area contributed by atoms with Crippen molar-refractivity contribution in [1.29, 1.82) is 0 Å². The van der Waals surface area contributed by atoms with Crippen LogP contribution < -0.4 is 4.74 Å². The van der Waals surface area contributed by atoms with Crippen LogP contribution in [0.1, 0.15) is 15.9 Å². The Labute approximate surface area is 134 Å². The lowest BCUT2D eigenvalue weighted by atomic mass is 9.98. The average molecular weight is 366 g/mol. The van der Waals surface area contributed by atoms with Crippen LogP contribution in [0.25, 0.3) is 6.08 Å². The van der Waals surface area contributed by atoms with Crippen molar-refractivity contribution in [3.63, 3.8) is 0 Å². The largest absolute Gasteiger partial charge is 0.506 e. The molecule has 1 N–H and O–H groups in total. The molecule has 1 aliphatic rings. The smallest absolute Gasteiger partial charge is 0.196 e. The number of ketones is 1. The monoisotopic (exact) mass is 364 g/mol. The van der Waals surface area contributed by atoms with Gasteiger partial charge < -0.3 is 9.84 Å². The van der Waals surface area contributed by atoms with E-state index in [0.29, 0.717) is 16.9 Å². The van der Waals surface area contributed by atoms with Gasteiger partial charge in [0.1, 0.15) is 18.1 Å². The highest BCUT2D eigenvalue weighted by molar-refractivity contribution is 9.10. The Morgan fingerprint density at radius 3 is 2.81 bits per heavy atom. The number of carbonyl (C=O) groups excluding carboxylic acids is 1. The standard InChI is InChI=1S/C16H10BrClO3/c17-11-2-4-15-12(7-11)16(20)10(8-21-15)5-9-1-3-14(19)13(18)6-9/h1-7,19H,8H2. The van der Waals surface area contributed by atoms with Gasteiger partial charge >= 0.3 is 0 Å². The van der Waals surface area contributed by atoms with Crippen molar-refractivity contribution in [3.8, 4) is 11.5 Å². The number of benzene rings is 2. The van der Waals surface area contributed by atoms with E-state index in [1.807, 2.05) is 6.07 Å². The molecule has 0 fully saturated rings. The molecule has 1 aliphatic heterocycles. The number of Topliss-reactive ketones (excluding diaryl/α,β-unsaturated/α-hetero) is 1. The molecule has 3 rings (SSSR count). The minimum Gasteiger partial charge on any atom is -0.506 e. The lowest BCUT2D eigenvalue weighted by molar-refractivity contribution is 0.100. The molecular weight excluding hydrogens is 356 g/mol. The first-order valence-electron chi connectivity index (χ1n) is 6.21. The number of halogens is 2. The normalized spacial score (nSPS) is 15.7. The number of fused-ring (bicyclic) bond motifs is 1. The van der Waals surface area contributed by atoms with Crippen LogP contribution in [-0.2, 0) is 0 Å². The maximum absolute atomic E-state index is 12.5. The molecule has 2 aromatic carbocycles. The van der Waals surface area contributed by atoms with Gasteiger partial charge in [-0.25, -0.2) is 0 Å². The zero-order valence-electron chi connectivity index (χ0n) is 10.8. The second-order valence-electron chi connectivity index (χ2n) is 4.64. The Kier molecular flexibility index (Phi) is 3.74.